The second-order valence-corrected chi connectivity index (χ2v) is 7.71. The summed E-state index contributed by atoms with van der Waals surface area (Å²) in [5, 5.41) is 5.41. The Bertz CT molecular complexity index is 934. The first-order valence-electron chi connectivity index (χ1n) is 9.58. The number of ether oxygens (including phenoxy) is 1. The molecule has 2 heterocycles. The molecule has 0 aromatic heterocycles. The number of benzene rings is 1. The van der Waals surface area contributed by atoms with Gasteiger partial charge in [0.25, 0.3) is 5.91 Å². The summed E-state index contributed by atoms with van der Waals surface area (Å²) in [7, 11) is 0. The van der Waals surface area contributed by atoms with Crippen molar-refractivity contribution in [3.05, 3.63) is 29.3 Å². The van der Waals surface area contributed by atoms with Gasteiger partial charge in [-0.1, -0.05) is 12.8 Å². The molecule has 1 atom stereocenters. The van der Waals surface area contributed by atoms with Crippen LogP contribution >= 0.6 is 0 Å². The number of amides is 4. The van der Waals surface area contributed by atoms with Gasteiger partial charge in [0.05, 0.1) is 5.92 Å². The minimum absolute atomic E-state index is 0.135. The molecule has 1 aromatic carbocycles. The number of nitrogens with zero attached hydrogens (tertiary/aromatic N) is 1. The van der Waals surface area contributed by atoms with Crippen LogP contribution in [0.25, 0.3) is 0 Å². The molecule has 1 saturated heterocycles. The fourth-order valence-electron chi connectivity index (χ4n) is 4.13. The van der Waals surface area contributed by atoms with E-state index in [1.165, 1.54) is 0 Å². The number of rotatable bonds is 5. The van der Waals surface area contributed by atoms with Crippen molar-refractivity contribution in [2.45, 2.75) is 44.1 Å². The molecule has 9 nitrogen and oxygen atoms in total. The molecule has 9 heteroatoms. The lowest BCUT2D eigenvalue weighted by Gasteiger charge is -2.19. The molecule has 152 valence electrons. The van der Waals surface area contributed by atoms with E-state index in [1.54, 1.807) is 25.1 Å². The molecule has 4 rings (SSSR count). The van der Waals surface area contributed by atoms with E-state index in [1.807, 2.05) is 0 Å². The molecule has 2 aliphatic heterocycles. The number of carbonyl (C=O) groups is 5. The van der Waals surface area contributed by atoms with Crippen molar-refractivity contribution in [2.75, 3.05) is 18.5 Å². The van der Waals surface area contributed by atoms with Gasteiger partial charge in [0.2, 0.25) is 5.91 Å². The topological polar surface area (TPSA) is 122 Å². The van der Waals surface area contributed by atoms with Crippen LogP contribution in [-0.2, 0) is 19.1 Å². The molecule has 0 unspecified atom stereocenters. The highest BCUT2D eigenvalue weighted by Crippen LogP contribution is 2.35. The number of hydrogen-bond donors (Lipinski definition) is 2. The number of ketones is 1. The highest BCUT2D eigenvalue weighted by atomic mass is 16.5. The number of carbonyl (C=O) groups excluding carboxylic acids is 5. The van der Waals surface area contributed by atoms with Crippen molar-refractivity contribution in [1.29, 1.82) is 0 Å². The Balaban J connectivity index is 1.34. The van der Waals surface area contributed by atoms with Gasteiger partial charge in [0, 0.05) is 11.3 Å². The Morgan fingerprint density at radius 1 is 1.21 bits per heavy atom. The maximum Gasteiger partial charge on any atom is 0.326 e. The zero-order valence-corrected chi connectivity index (χ0v) is 15.9. The molecular weight excluding hydrogens is 378 g/mol. The minimum Gasteiger partial charge on any atom is -0.456 e. The van der Waals surface area contributed by atoms with E-state index in [2.05, 4.69) is 10.6 Å². The van der Waals surface area contributed by atoms with Crippen LogP contribution < -0.4 is 10.6 Å². The van der Waals surface area contributed by atoms with Crippen LogP contribution in [0.3, 0.4) is 0 Å². The number of urea groups is 1. The van der Waals surface area contributed by atoms with Crippen molar-refractivity contribution in [2.24, 2.45) is 0 Å². The molecule has 2 fully saturated rings. The first kappa shape index (κ1) is 19.1. The SMILES string of the molecule is C[C@H]1C(=O)Nc2ccc(C(=O)COC(=O)CN3C(=O)NC4(CCCC4)C3=O)cc21. The minimum atomic E-state index is -0.889. The number of imide groups is 1. The smallest absolute Gasteiger partial charge is 0.326 e. The molecule has 1 saturated carbocycles. The van der Waals surface area contributed by atoms with Gasteiger partial charge in [-0.3, -0.25) is 24.1 Å². The van der Waals surface area contributed by atoms with Crippen molar-refractivity contribution in [3.8, 4) is 0 Å². The summed E-state index contributed by atoms with van der Waals surface area (Å²) in [6.07, 6.45) is 2.82. The Kier molecular flexibility index (Phi) is 4.60. The Hall–Kier alpha value is -3.23. The summed E-state index contributed by atoms with van der Waals surface area (Å²) in [5.41, 5.74) is 0.809. The van der Waals surface area contributed by atoms with Gasteiger partial charge in [-0.15, -0.1) is 0 Å². The predicted molar refractivity (Wildman–Crippen MR) is 100 cm³/mol. The van der Waals surface area contributed by atoms with Crippen molar-refractivity contribution in [3.63, 3.8) is 0 Å². The van der Waals surface area contributed by atoms with Gasteiger partial charge in [-0.2, -0.15) is 0 Å². The molecule has 1 aromatic rings. The number of nitrogens with one attached hydrogen (secondary N) is 2. The lowest BCUT2D eigenvalue weighted by Crippen LogP contribution is -2.44. The van der Waals surface area contributed by atoms with Gasteiger partial charge in [0.1, 0.15) is 12.1 Å². The predicted octanol–water partition coefficient (Wildman–Crippen LogP) is 1.33. The average molecular weight is 399 g/mol. The van der Waals surface area contributed by atoms with Crippen LogP contribution in [0.5, 0.6) is 0 Å². The van der Waals surface area contributed by atoms with Crippen molar-refractivity contribution < 1.29 is 28.7 Å². The Morgan fingerprint density at radius 3 is 2.66 bits per heavy atom. The van der Waals surface area contributed by atoms with Gasteiger partial charge < -0.3 is 15.4 Å². The third-order valence-electron chi connectivity index (χ3n) is 5.85. The monoisotopic (exact) mass is 399 g/mol. The second kappa shape index (κ2) is 6.98. The van der Waals surface area contributed by atoms with Crippen LogP contribution in [0.2, 0.25) is 0 Å². The van der Waals surface area contributed by atoms with E-state index in [4.69, 9.17) is 4.74 Å². The third kappa shape index (κ3) is 3.26. The average Bonchev–Trinajstić information content (AvgIpc) is 3.34. The molecule has 29 heavy (non-hydrogen) atoms. The molecular formula is C20H21N3O6. The van der Waals surface area contributed by atoms with Crippen LogP contribution in [0.1, 0.15) is 54.4 Å². The second-order valence-electron chi connectivity index (χ2n) is 7.71. The molecule has 2 N–H and O–H groups in total. The van der Waals surface area contributed by atoms with E-state index in [-0.39, 0.29) is 11.8 Å². The number of Topliss-reactive ketones (excluding diaryl/α,β-unsaturated/α-hetero) is 1. The summed E-state index contributed by atoms with van der Waals surface area (Å²) in [4.78, 5) is 61.7. The number of hydrogen-bond acceptors (Lipinski definition) is 6. The van der Waals surface area contributed by atoms with Crippen LogP contribution in [0, 0.1) is 0 Å². The Labute approximate surface area is 166 Å². The summed E-state index contributed by atoms with van der Waals surface area (Å²) < 4.78 is 4.99. The zero-order valence-electron chi connectivity index (χ0n) is 15.9. The molecule has 3 aliphatic rings. The quantitative estimate of drug-likeness (QED) is 0.438. The number of anilines is 1. The summed E-state index contributed by atoms with van der Waals surface area (Å²) in [6.45, 7) is 0.701. The molecule has 1 aliphatic carbocycles. The van der Waals surface area contributed by atoms with Gasteiger partial charge in [-0.05, 0) is 43.5 Å². The highest BCUT2D eigenvalue weighted by Gasteiger charge is 2.52. The standard InChI is InChI=1S/C20H21N3O6/c1-11-13-8-12(4-5-14(13)21-17(11)26)15(24)10-29-16(25)9-23-18(27)20(22-19(23)28)6-2-3-7-20/h4-5,8,11H,2-3,6-7,9-10H2,1H3,(H,21,26)(H,22,28)/t11-/m1/s1. The lowest BCUT2D eigenvalue weighted by atomic mass is 9.98. The normalized spacial score (nSPS) is 21.9. The number of fused-ring (bicyclic) bond motifs is 1. The van der Waals surface area contributed by atoms with Crippen molar-refractivity contribution >= 4 is 35.3 Å². The summed E-state index contributed by atoms with van der Waals surface area (Å²) in [6, 6.07) is 4.19. The highest BCUT2D eigenvalue weighted by molar-refractivity contribution is 6.09. The molecule has 1 spiro atoms. The van der Waals surface area contributed by atoms with Gasteiger partial charge in [-0.25, -0.2) is 4.79 Å². The molecule has 4 amide bonds. The van der Waals surface area contributed by atoms with E-state index in [0.29, 0.717) is 29.7 Å². The van der Waals surface area contributed by atoms with Crippen LogP contribution in [-0.4, -0.2) is 53.2 Å². The molecule has 0 bridgehead atoms. The summed E-state index contributed by atoms with van der Waals surface area (Å²) >= 11 is 0. The van der Waals surface area contributed by atoms with Crippen LogP contribution in [0.15, 0.2) is 18.2 Å². The lowest BCUT2D eigenvalue weighted by molar-refractivity contribution is -0.146. The summed E-state index contributed by atoms with van der Waals surface area (Å²) in [5.74, 6) is -2.17. The van der Waals surface area contributed by atoms with E-state index in [0.717, 1.165) is 17.7 Å². The Morgan fingerprint density at radius 2 is 1.93 bits per heavy atom. The van der Waals surface area contributed by atoms with E-state index >= 15 is 0 Å². The first-order valence-corrected chi connectivity index (χ1v) is 9.58. The van der Waals surface area contributed by atoms with Gasteiger partial charge >= 0.3 is 12.0 Å². The molecule has 0 radical (unpaired) electrons. The first-order chi connectivity index (χ1) is 13.8. The maximum atomic E-state index is 12.5. The fraction of sp³-hybridized carbons (Fsp3) is 0.450. The van der Waals surface area contributed by atoms with Crippen LogP contribution in [0.4, 0.5) is 10.5 Å². The van der Waals surface area contributed by atoms with E-state index < -0.39 is 42.4 Å². The van der Waals surface area contributed by atoms with Gasteiger partial charge in [0.15, 0.2) is 12.4 Å². The maximum absolute atomic E-state index is 12.5. The largest absolute Gasteiger partial charge is 0.456 e. The fourth-order valence-corrected chi connectivity index (χ4v) is 4.13. The van der Waals surface area contributed by atoms with E-state index in [9.17, 15) is 24.0 Å². The number of esters is 1. The van der Waals surface area contributed by atoms with Crippen molar-refractivity contribution in [1.82, 2.24) is 10.2 Å². The third-order valence-corrected chi connectivity index (χ3v) is 5.85. The zero-order chi connectivity index (χ0) is 20.8.